The van der Waals surface area contributed by atoms with Gasteiger partial charge in [0.25, 0.3) is 0 Å². The van der Waals surface area contributed by atoms with Crippen LogP contribution in [-0.2, 0) is 4.79 Å². The topological polar surface area (TPSA) is 53.5 Å². The first-order valence-electron chi connectivity index (χ1n) is 12.4. The third-order valence-electron chi connectivity index (χ3n) is 6.99. The molecule has 30 heavy (non-hydrogen) atoms. The van der Waals surface area contributed by atoms with E-state index in [2.05, 4.69) is 45.3 Å². The van der Waals surface area contributed by atoms with Crippen LogP contribution in [0.25, 0.3) is 0 Å². The number of fused-ring (bicyclic) bond motifs is 11. The van der Waals surface area contributed by atoms with Gasteiger partial charge in [-0.25, -0.2) is 0 Å². The standard InChI is InChI=1S/C23H47N5O2/c1-4-22(3)28(5-2)14-8-12-24-9-6-10-25-15-17-26(18-16-25)11-7-13-27(20-19-24)21-23(29)30/h22H,4-21H2,1-3H3,(H,29,30). The minimum atomic E-state index is -0.705. The zero-order valence-electron chi connectivity index (χ0n) is 19.9. The van der Waals surface area contributed by atoms with E-state index in [1.54, 1.807) is 0 Å². The van der Waals surface area contributed by atoms with Gasteiger partial charge in [0.1, 0.15) is 0 Å². The van der Waals surface area contributed by atoms with Crippen molar-refractivity contribution in [2.75, 3.05) is 91.6 Å². The van der Waals surface area contributed by atoms with Gasteiger partial charge in [0.15, 0.2) is 0 Å². The Labute approximate surface area is 185 Å². The molecule has 7 heteroatoms. The first-order chi connectivity index (χ1) is 14.5. The Kier molecular flexibility index (Phi) is 12.2. The molecule has 176 valence electrons. The molecule has 0 saturated carbocycles. The van der Waals surface area contributed by atoms with Gasteiger partial charge in [-0.05, 0) is 71.9 Å². The van der Waals surface area contributed by atoms with Crippen LogP contribution in [0, 0.1) is 0 Å². The largest absolute Gasteiger partial charge is 0.480 e. The molecule has 0 amide bonds. The van der Waals surface area contributed by atoms with Gasteiger partial charge in [-0.2, -0.15) is 0 Å². The average Bonchev–Trinajstić information content (AvgIpc) is 2.74. The van der Waals surface area contributed by atoms with Crippen LogP contribution >= 0.6 is 0 Å². The van der Waals surface area contributed by atoms with Crippen molar-refractivity contribution < 1.29 is 9.90 Å². The fourth-order valence-electron chi connectivity index (χ4n) is 4.80. The number of carbonyl (C=O) groups is 1. The summed E-state index contributed by atoms with van der Waals surface area (Å²) >= 11 is 0. The maximum atomic E-state index is 11.3. The van der Waals surface area contributed by atoms with Crippen molar-refractivity contribution in [3.8, 4) is 0 Å². The predicted octanol–water partition coefficient (Wildman–Crippen LogP) is 1.60. The number of rotatable bonds is 9. The summed E-state index contributed by atoms with van der Waals surface area (Å²) in [7, 11) is 0. The SMILES string of the molecule is CCC(C)N(CC)CCCN1CCCN2CCN(CCCN(CC(=O)O)CC1)CC2. The lowest BCUT2D eigenvalue weighted by atomic mass is 10.2. The molecule has 2 bridgehead atoms. The maximum absolute atomic E-state index is 11.3. The molecule has 1 N–H and O–H groups in total. The fraction of sp³-hybridized carbons (Fsp3) is 0.957. The monoisotopic (exact) mass is 425 g/mol. The van der Waals surface area contributed by atoms with E-state index in [4.69, 9.17) is 0 Å². The Hall–Kier alpha value is -0.730. The number of hydrogen-bond acceptors (Lipinski definition) is 6. The Morgan fingerprint density at radius 1 is 0.867 bits per heavy atom. The summed E-state index contributed by atoms with van der Waals surface area (Å²) < 4.78 is 0. The second-order valence-electron chi connectivity index (χ2n) is 9.14. The molecule has 1 unspecified atom stereocenters. The summed E-state index contributed by atoms with van der Waals surface area (Å²) in [5.41, 5.74) is 0. The minimum absolute atomic E-state index is 0.166. The lowest BCUT2D eigenvalue weighted by molar-refractivity contribution is -0.138. The lowest BCUT2D eigenvalue weighted by Crippen LogP contribution is -2.48. The number of nitrogens with zero attached hydrogens (tertiary/aromatic N) is 5. The summed E-state index contributed by atoms with van der Waals surface area (Å²) in [4.78, 5) is 23.8. The smallest absolute Gasteiger partial charge is 0.317 e. The van der Waals surface area contributed by atoms with Gasteiger partial charge in [0.2, 0.25) is 0 Å². The third-order valence-corrected chi connectivity index (χ3v) is 6.99. The number of piperazine rings is 1. The van der Waals surface area contributed by atoms with Crippen LogP contribution in [0.15, 0.2) is 0 Å². The van der Waals surface area contributed by atoms with Gasteiger partial charge in [-0.15, -0.1) is 0 Å². The highest BCUT2D eigenvalue weighted by Crippen LogP contribution is 2.08. The van der Waals surface area contributed by atoms with E-state index in [-0.39, 0.29) is 6.54 Å². The summed E-state index contributed by atoms with van der Waals surface area (Å²) in [6.45, 7) is 21.2. The molecular formula is C23H47N5O2. The number of hydrogen-bond donors (Lipinski definition) is 1. The summed E-state index contributed by atoms with van der Waals surface area (Å²) in [5.74, 6) is -0.705. The molecule has 0 spiro atoms. The van der Waals surface area contributed by atoms with Crippen LogP contribution < -0.4 is 0 Å². The molecule has 0 aromatic rings. The van der Waals surface area contributed by atoms with Crippen molar-refractivity contribution in [3.63, 3.8) is 0 Å². The fourth-order valence-corrected chi connectivity index (χ4v) is 4.80. The lowest BCUT2D eigenvalue weighted by Gasteiger charge is -2.36. The Bertz CT molecular complexity index is 471. The van der Waals surface area contributed by atoms with E-state index in [0.29, 0.717) is 6.04 Å². The predicted molar refractivity (Wildman–Crippen MR) is 124 cm³/mol. The molecule has 0 aromatic heterocycles. The first kappa shape index (κ1) is 25.5. The second kappa shape index (κ2) is 14.4. The summed E-state index contributed by atoms with van der Waals surface area (Å²) in [6, 6.07) is 0.652. The van der Waals surface area contributed by atoms with Crippen molar-refractivity contribution in [3.05, 3.63) is 0 Å². The highest BCUT2D eigenvalue weighted by Gasteiger charge is 2.19. The normalized spacial score (nSPS) is 26.5. The molecular weight excluding hydrogens is 378 g/mol. The molecule has 7 nitrogen and oxygen atoms in total. The van der Waals surface area contributed by atoms with Crippen LogP contribution in [-0.4, -0.2) is 133 Å². The van der Waals surface area contributed by atoms with Crippen LogP contribution in [0.3, 0.4) is 0 Å². The third kappa shape index (κ3) is 9.60. The van der Waals surface area contributed by atoms with E-state index in [1.807, 2.05) is 0 Å². The number of carboxylic acid groups (broad SMARTS) is 1. The molecule has 1 atom stereocenters. The van der Waals surface area contributed by atoms with Crippen LogP contribution in [0.1, 0.15) is 46.5 Å². The summed E-state index contributed by atoms with van der Waals surface area (Å²) in [6.07, 6.45) is 4.67. The summed E-state index contributed by atoms with van der Waals surface area (Å²) in [5, 5.41) is 9.34. The zero-order chi connectivity index (χ0) is 21.8. The maximum Gasteiger partial charge on any atom is 0.317 e. The van der Waals surface area contributed by atoms with Gasteiger partial charge in [0.05, 0.1) is 6.54 Å². The van der Waals surface area contributed by atoms with Crippen molar-refractivity contribution in [2.24, 2.45) is 0 Å². The van der Waals surface area contributed by atoms with Crippen LogP contribution in [0.5, 0.6) is 0 Å². The van der Waals surface area contributed by atoms with Crippen molar-refractivity contribution >= 4 is 5.97 Å². The van der Waals surface area contributed by atoms with Crippen LogP contribution in [0.2, 0.25) is 0 Å². The molecule has 3 saturated heterocycles. The molecule has 0 aromatic carbocycles. The molecule has 0 aliphatic carbocycles. The highest BCUT2D eigenvalue weighted by atomic mass is 16.4. The molecule has 3 heterocycles. The van der Waals surface area contributed by atoms with Crippen LogP contribution in [0.4, 0.5) is 0 Å². The van der Waals surface area contributed by atoms with E-state index < -0.39 is 5.97 Å². The highest BCUT2D eigenvalue weighted by molar-refractivity contribution is 5.69. The van der Waals surface area contributed by atoms with E-state index in [0.717, 1.165) is 71.9 Å². The molecule has 3 aliphatic rings. The van der Waals surface area contributed by atoms with E-state index >= 15 is 0 Å². The number of carboxylic acids is 1. The van der Waals surface area contributed by atoms with Gasteiger partial charge < -0.3 is 24.7 Å². The van der Waals surface area contributed by atoms with Gasteiger partial charge in [0, 0.05) is 51.9 Å². The Morgan fingerprint density at radius 3 is 1.97 bits per heavy atom. The van der Waals surface area contributed by atoms with Crippen molar-refractivity contribution in [1.82, 2.24) is 24.5 Å². The van der Waals surface area contributed by atoms with Gasteiger partial charge in [-0.3, -0.25) is 9.69 Å². The van der Waals surface area contributed by atoms with E-state index in [9.17, 15) is 9.90 Å². The Balaban J connectivity index is 1.90. The number of aliphatic carboxylic acids is 1. The molecule has 3 aliphatic heterocycles. The quantitative estimate of drug-likeness (QED) is 0.602. The minimum Gasteiger partial charge on any atom is -0.480 e. The van der Waals surface area contributed by atoms with Gasteiger partial charge in [-0.1, -0.05) is 13.8 Å². The van der Waals surface area contributed by atoms with Gasteiger partial charge >= 0.3 is 5.97 Å². The van der Waals surface area contributed by atoms with E-state index in [1.165, 1.54) is 38.9 Å². The second-order valence-corrected chi connectivity index (χ2v) is 9.14. The Morgan fingerprint density at radius 2 is 1.43 bits per heavy atom. The van der Waals surface area contributed by atoms with Crippen molar-refractivity contribution in [2.45, 2.75) is 52.5 Å². The average molecular weight is 426 g/mol. The zero-order valence-corrected chi connectivity index (χ0v) is 19.9. The van der Waals surface area contributed by atoms with Crippen molar-refractivity contribution in [1.29, 1.82) is 0 Å². The first-order valence-corrected chi connectivity index (χ1v) is 12.4. The molecule has 3 fully saturated rings. The molecule has 3 rings (SSSR count). The molecule has 0 radical (unpaired) electrons.